The third-order valence-electron chi connectivity index (χ3n) is 3.10. The van der Waals surface area contributed by atoms with Crippen molar-refractivity contribution in [3.8, 4) is 5.75 Å². The van der Waals surface area contributed by atoms with Gasteiger partial charge in [0.15, 0.2) is 0 Å². The first-order valence-corrected chi connectivity index (χ1v) is 6.09. The van der Waals surface area contributed by atoms with Crippen LogP contribution in [0.1, 0.15) is 6.92 Å². The number of benzene rings is 1. The summed E-state index contributed by atoms with van der Waals surface area (Å²) in [5, 5.41) is 3.35. The predicted octanol–water partition coefficient (Wildman–Crippen LogP) is 1.50. The van der Waals surface area contributed by atoms with E-state index >= 15 is 0 Å². The molecule has 1 aromatic carbocycles. The first kappa shape index (κ1) is 12.3. The Kier molecular flexibility index (Phi) is 4.34. The highest BCUT2D eigenvalue weighted by Gasteiger charge is 2.16. The highest BCUT2D eigenvalue weighted by Crippen LogP contribution is 2.11. The van der Waals surface area contributed by atoms with E-state index in [1.165, 1.54) is 12.1 Å². The molecule has 1 saturated heterocycles. The molecule has 94 valence electrons. The lowest BCUT2D eigenvalue weighted by atomic mass is 10.2. The number of hydrogen-bond donors (Lipinski definition) is 1. The van der Waals surface area contributed by atoms with Crippen LogP contribution >= 0.6 is 0 Å². The fourth-order valence-corrected chi connectivity index (χ4v) is 2.03. The fraction of sp³-hybridized carbons (Fsp3) is 0.538. The van der Waals surface area contributed by atoms with Gasteiger partial charge in [0.05, 0.1) is 0 Å². The summed E-state index contributed by atoms with van der Waals surface area (Å²) in [5.74, 6) is 0.502. The molecule has 0 spiro atoms. The minimum atomic E-state index is -0.229. The lowest BCUT2D eigenvalue weighted by Crippen LogP contribution is -2.50. The smallest absolute Gasteiger partial charge is 0.123 e. The lowest BCUT2D eigenvalue weighted by Gasteiger charge is -2.33. The van der Waals surface area contributed by atoms with E-state index in [1.807, 2.05) is 0 Å². The van der Waals surface area contributed by atoms with Crippen molar-refractivity contribution in [3.05, 3.63) is 30.1 Å². The van der Waals surface area contributed by atoms with E-state index in [-0.39, 0.29) is 5.82 Å². The Bertz CT molecular complexity index is 342. The van der Waals surface area contributed by atoms with E-state index in [1.54, 1.807) is 12.1 Å². The summed E-state index contributed by atoms with van der Waals surface area (Å²) in [6.07, 6.45) is 0. The van der Waals surface area contributed by atoms with Gasteiger partial charge in [0.1, 0.15) is 18.2 Å². The number of halogens is 1. The summed E-state index contributed by atoms with van der Waals surface area (Å²) in [6.45, 7) is 6.92. The lowest BCUT2D eigenvalue weighted by molar-refractivity contribution is 0.143. The Labute approximate surface area is 102 Å². The minimum Gasteiger partial charge on any atom is -0.492 e. The molecule has 0 aromatic heterocycles. The molecule has 0 unspecified atom stereocenters. The van der Waals surface area contributed by atoms with E-state index < -0.39 is 0 Å². The quantitative estimate of drug-likeness (QED) is 0.860. The van der Waals surface area contributed by atoms with Gasteiger partial charge in [-0.15, -0.1) is 0 Å². The molecule has 1 fully saturated rings. The van der Waals surface area contributed by atoms with Gasteiger partial charge < -0.3 is 10.1 Å². The Morgan fingerprint density at radius 1 is 1.41 bits per heavy atom. The number of nitrogens with zero attached hydrogens (tertiary/aromatic N) is 1. The summed E-state index contributed by atoms with van der Waals surface area (Å²) in [4.78, 5) is 2.40. The van der Waals surface area contributed by atoms with Crippen molar-refractivity contribution in [3.63, 3.8) is 0 Å². The topological polar surface area (TPSA) is 24.5 Å². The minimum absolute atomic E-state index is 0.229. The van der Waals surface area contributed by atoms with Gasteiger partial charge in [0.2, 0.25) is 0 Å². The first-order valence-electron chi connectivity index (χ1n) is 6.09. The molecule has 17 heavy (non-hydrogen) atoms. The second-order valence-electron chi connectivity index (χ2n) is 4.39. The van der Waals surface area contributed by atoms with Crippen LogP contribution in [0.15, 0.2) is 24.3 Å². The van der Waals surface area contributed by atoms with E-state index in [0.29, 0.717) is 12.6 Å². The van der Waals surface area contributed by atoms with E-state index in [0.717, 1.165) is 31.9 Å². The maximum Gasteiger partial charge on any atom is 0.123 e. The van der Waals surface area contributed by atoms with Crippen LogP contribution < -0.4 is 10.1 Å². The molecule has 0 amide bonds. The van der Waals surface area contributed by atoms with Crippen molar-refractivity contribution >= 4 is 0 Å². The monoisotopic (exact) mass is 238 g/mol. The molecule has 2 rings (SSSR count). The molecule has 1 atom stereocenters. The van der Waals surface area contributed by atoms with Gasteiger partial charge in [0, 0.05) is 32.2 Å². The average molecular weight is 238 g/mol. The molecule has 0 bridgehead atoms. The number of piperazine rings is 1. The zero-order valence-electron chi connectivity index (χ0n) is 10.2. The van der Waals surface area contributed by atoms with Crippen LogP contribution in [-0.2, 0) is 0 Å². The molecule has 1 heterocycles. The van der Waals surface area contributed by atoms with Gasteiger partial charge in [-0.1, -0.05) is 0 Å². The van der Waals surface area contributed by atoms with E-state index in [9.17, 15) is 4.39 Å². The Balaban J connectivity index is 1.73. The average Bonchev–Trinajstić information content (AvgIpc) is 2.34. The summed E-state index contributed by atoms with van der Waals surface area (Å²) in [7, 11) is 0. The largest absolute Gasteiger partial charge is 0.492 e. The van der Waals surface area contributed by atoms with Crippen LogP contribution in [0.5, 0.6) is 5.75 Å². The van der Waals surface area contributed by atoms with Gasteiger partial charge in [-0.3, -0.25) is 4.90 Å². The second-order valence-corrected chi connectivity index (χ2v) is 4.39. The van der Waals surface area contributed by atoms with Crippen LogP contribution in [0, 0.1) is 5.82 Å². The first-order chi connectivity index (χ1) is 8.25. The molecular formula is C13H19FN2O. The maximum atomic E-state index is 12.7. The van der Waals surface area contributed by atoms with Gasteiger partial charge in [-0.25, -0.2) is 4.39 Å². The number of rotatable bonds is 4. The maximum absolute atomic E-state index is 12.7. The van der Waals surface area contributed by atoms with Crippen molar-refractivity contribution in [2.24, 2.45) is 0 Å². The zero-order valence-corrected chi connectivity index (χ0v) is 10.2. The normalized spacial score (nSPS) is 21.4. The molecule has 0 saturated carbocycles. The van der Waals surface area contributed by atoms with Crippen molar-refractivity contribution in [2.45, 2.75) is 13.0 Å². The molecule has 3 nitrogen and oxygen atoms in total. The molecule has 4 heteroatoms. The number of hydrogen-bond acceptors (Lipinski definition) is 3. The molecule has 1 aliphatic heterocycles. The Morgan fingerprint density at radius 2 is 2.18 bits per heavy atom. The van der Waals surface area contributed by atoms with Crippen molar-refractivity contribution in [2.75, 3.05) is 32.8 Å². The molecule has 1 aromatic rings. The third kappa shape index (κ3) is 3.68. The van der Waals surface area contributed by atoms with Gasteiger partial charge >= 0.3 is 0 Å². The molecular weight excluding hydrogens is 219 g/mol. The summed E-state index contributed by atoms with van der Waals surface area (Å²) in [5.41, 5.74) is 0. The zero-order chi connectivity index (χ0) is 12.1. The number of ether oxygens (including phenoxy) is 1. The van der Waals surface area contributed by atoms with Gasteiger partial charge in [-0.2, -0.15) is 0 Å². The predicted molar refractivity (Wildman–Crippen MR) is 65.8 cm³/mol. The van der Waals surface area contributed by atoms with Crippen LogP contribution in [0.4, 0.5) is 4.39 Å². The molecule has 0 radical (unpaired) electrons. The Hall–Kier alpha value is -1.13. The van der Waals surface area contributed by atoms with Crippen LogP contribution in [0.3, 0.4) is 0 Å². The molecule has 1 N–H and O–H groups in total. The third-order valence-corrected chi connectivity index (χ3v) is 3.10. The summed E-state index contributed by atoms with van der Waals surface area (Å²) >= 11 is 0. The van der Waals surface area contributed by atoms with Crippen molar-refractivity contribution in [1.29, 1.82) is 0 Å². The van der Waals surface area contributed by atoms with E-state index in [2.05, 4.69) is 17.1 Å². The van der Waals surface area contributed by atoms with Crippen LogP contribution in [-0.4, -0.2) is 43.7 Å². The standard InChI is InChI=1S/C13H19FN2O/c1-11-10-15-6-7-16(11)8-9-17-13-4-2-12(14)3-5-13/h2-5,11,15H,6-10H2,1H3/t11-/m0/s1. The highest BCUT2D eigenvalue weighted by molar-refractivity contribution is 5.21. The SMILES string of the molecule is C[C@H]1CNCCN1CCOc1ccc(F)cc1. The summed E-state index contributed by atoms with van der Waals surface area (Å²) in [6, 6.07) is 6.72. The van der Waals surface area contributed by atoms with E-state index in [4.69, 9.17) is 4.74 Å². The second kappa shape index (κ2) is 5.98. The van der Waals surface area contributed by atoms with Crippen LogP contribution in [0.2, 0.25) is 0 Å². The molecule has 1 aliphatic rings. The van der Waals surface area contributed by atoms with Crippen molar-refractivity contribution in [1.82, 2.24) is 10.2 Å². The number of nitrogens with one attached hydrogen (secondary N) is 1. The Morgan fingerprint density at radius 3 is 2.88 bits per heavy atom. The molecule has 0 aliphatic carbocycles. The van der Waals surface area contributed by atoms with Crippen molar-refractivity contribution < 1.29 is 9.13 Å². The summed E-state index contributed by atoms with van der Waals surface area (Å²) < 4.78 is 18.3. The van der Waals surface area contributed by atoms with Gasteiger partial charge in [-0.05, 0) is 31.2 Å². The van der Waals surface area contributed by atoms with Crippen LogP contribution in [0.25, 0.3) is 0 Å². The van der Waals surface area contributed by atoms with Gasteiger partial charge in [0.25, 0.3) is 0 Å². The fourth-order valence-electron chi connectivity index (χ4n) is 2.03. The highest BCUT2D eigenvalue weighted by atomic mass is 19.1.